The van der Waals surface area contributed by atoms with Gasteiger partial charge in [-0.1, -0.05) is 0 Å². The topological polar surface area (TPSA) is 110 Å². The number of carbonyl (C=O) groups excluding carboxylic acids is 2. The predicted molar refractivity (Wildman–Crippen MR) is 115 cm³/mol. The van der Waals surface area contributed by atoms with Crippen molar-refractivity contribution in [2.24, 2.45) is 7.05 Å². The Morgan fingerprint density at radius 1 is 1.23 bits per heavy atom. The van der Waals surface area contributed by atoms with E-state index in [1.54, 1.807) is 40.5 Å². The van der Waals surface area contributed by atoms with Gasteiger partial charge in [0.25, 0.3) is 5.91 Å². The average molecular weight is 427 g/mol. The van der Waals surface area contributed by atoms with Crippen LogP contribution in [0.4, 0.5) is 16.2 Å². The maximum Gasteiger partial charge on any atom is 0.319 e. The quantitative estimate of drug-likeness (QED) is 0.561. The van der Waals surface area contributed by atoms with Crippen molar-refractivity contribution in [3.05, 3.63) is 47.7 Å². The molecular formula is C20H22N6O3S. The molecule has 0 saturated carbocycles. The zero-order valence-corrected chi connectivity index (χ0v) is 17.2. The van der Waals surface area contributed by atoms with Gasteiger partial charge in [0, 0.05) is 48.7 Å². The van der Waals surface area contributed by atoms with Crippen molar-refractivity contribution in [2.75, 3.05) is 23.8 Å². The molecule has 1 atom stereocenters. The Balaban J connectivity index is 1.29. The lowest BCUT2D eigenvalue weighted by Crippen LogP contribution is -2.35. The minimum Gasteiger partial charge on any atom is -0.376 e. The van der Waals surface area contributed by atoms with Gasteiger partial charge in [-0.15, -0.1) is 11.3 Å². The number of hydrogen-bond acceptors (Lipinski definition) is 6. The second-order valence-electron chi connectivity index (χ2n) is 6.94. The largest absolute Gasteiger partial charge is 0.376 e. The van der Waals surface area contributed by atoms with E-state index in [0.717, 1.165) is 30.0 Å². The Bertz CT molecular complexity index is 1020. The number of nitrogens with one attached hydrogen (secondary N) is 3. The van der Waals surface area contributed by atoms with Crippen molar-refractivity contribution >= 4 is 34.6 Å². The Morgan fingerprint density at radius 2 is 2.00 bits per heavy atom. The number of urea groups is 1. The van der Waals surface area contributed by atoms with Crippen molar-refractivity contribution in [3.8, 4) is 10.6 Å². The summed E-state index contributed by atoms with van der Waals surface area (Å²) in [7, 11) is 1.83. The first kappa shape index (κ1) is 20.0. The molecule has 0 unspecified atom stereocenters. The van der Waals surface area contributed by atoms with Crippen LogP contribution in [0.5, 0.6) is 0 Å². The first-order valence-corrected chi connectivity index (χ1v) is 10.5. The standard InChI is InChI=1S/C20H22N6O3S/c1-26-11-13(9-22-26)19-25-17(12-30-19)18(27)23-14-4-6-15(7-5-14)24-20(28)21-10-16-3-2-8-29-16/h4-7,9,11-12,16H,2-3,8,10H2,1H3,(H,23,27)(H2,21,24,28)/t16-/m1/s1. The summed E-state index contributed by atoms with van der Waals surface area (Å²) in [6.45, 7) is 1.25. The molecule has 0 bridgehead atoms. The molecule has 0 aliphatic carbocycles. The van der Waals surface area contributed by atoms with E-state index >= 15 is 0 Å². The van der Waals surface area contributed by atoms with Crippen molar-refractivity contribution in [1.82, 2.24) is 20.1 Å². The van der Waals surface area contributed by atoms with Crippen LogP contribution in [0.25, 0.3) is 10.6 Å². The lowest BCUT2D eigenvalue weighted by molar-refractivity contribution is 0.102. The molecule has 9 nitrogen and oxygen atoms in total. The predicted octanol–water partition coefficient (Wildman–Crippen LogP) is 3.10. The molecular weight excluding hydrogens is 404 g/mol. The molecule has 1 aliphatic heterocycles. The second-order valence-corrected chi connectivity index (χ2v) is 7.80. The van der Waals surface area contributed by atoms with E-state index < -0.39 is 0 Å². The Morgan fingerprint density at radius 3 is 2.67 bits per heavy atom. The molecule has 3 heterocycles. The molecule has 1 aromatic carbocycles. The highest BCUT2D eigenvalue weighted by molar-refractivity contribution is 7.13. The number of rotatable bonds is 6. The number of carbonyl (C=O) groups is 2. The molecule has 156 valence electrons. The number of thiazole rings is 1. The summed E-state index contributed by atoms with van der Waals surface area (Å²) in [6, 6.07) is 6.61. The van der Waals surface area contributed by atoms with E-state index in [-0.39, 0.29) is 18.0 Å². The molecule has 4 rings (SSSR count). The van der Waals surface area contributed by atoms with Crippen LogP contribution >= 0.6 is 11.3 Å². The van der Waals surface area contributed by atoms with Gasteiger partial charge in [-0.25, -0.2) is 9.78 Å². The number of amides is 3. The number of ether oxygens (including phenoxy) is 1. The van der Waals surface area contributed by atoms with Crippen LogP contribution in [-0.2, 0) is 11.8 Å². The number of aryl methyl sites for hydroxylation is 1. The van der Waals surface area contributed by atoms with E-state index in [9.17, 15) is 9.59 Å². The summed E-state index contributed by atoms with van der Waals surface area (Å²) in [5.41, 5.74) is 2.45. The van der Waals surface area contributed by atoms with Gasteiger partial charge < -0.3 is 20.7 Å². The van der Waals surface area contributed by atoms with Crippen molar-refractivity contribution < 1.29 is 14.3 Å². The summed E-state index contributed by atoms with van der Waals surface area (Å²) in [5, 5.41) is 14.9. The van der Waals surface area contributed by atoms with E-state index in [1.807, 2.05) is 13.2 Å². The number of aromatic nitrogens is 3. The molecule has 1 saturated heterocycles. The summed E-state index contributed by atoms with van der Waals surface area (Å²) < 4.78 is 7.17. The Labute approximate surface area is 177 Å². The molecule has 3 N–H and O–H groups in total. The van der Waals surface area contributed by atoms with Crippen LogP contribution in [0.15, 0.2) is 42.0 Å². The highest BCUT2D eigenvalue weighted by Gasteiger charge is 2.16. The fraction of sp³-hybridized carbons (Fsp3) is 0.300. The summed E-state index contributed by atoms with van der Waals surface area (Å²) >= 11 is 1.39. The highest BCUT2D eigenvalue weighted by Crippen LogP contribution is 2.23. The molecule has 2 aromatic heterocycles. The fourth-order valence-electron chi connectivity index (χ4n) is 3.06. The lowest BCUT2D eigenvalue weighted by atomic mass is 10.2. The van der Waals surface area contributed by atoms with E-state index in [0.29, 0.717) is 23.6 Å². The van der Waals surface area contributed by atoms with Gasteiger partial charge >= 0.3 is 6.03 Å². The third kappa shape index (κ3) is 5.02. The van der Waals surface area contributed by atoms with Gasteiger partial charge in [-0.2, -0.15) is 5.10 Å². The summed E-state index contributed by atoms with van der Waals surface area (Å²) in [4.78, 5) is 28.8. The fourth-order valence-corrected chi connectivity index (χ4v) is 3.84. The molecule has 1 fully saturated rings. The van der Waals surface area contributed by atoms with Crippen molar-refractivity contribution in [3.63, 3.8) is 0 Å². The average Bonchev–Trinajstić information content (AvgIpc) is 3.49. The van der Waals surface area contributed by atoms with Gasteiger partial charge in [0.15, 0.2) is 0 Å². The lowest BCUT2D eigenvalue weighted by Gasteiger charge is -2.12. The smallest absolute Gasteiger partial charge is 0.319 e. The minimum absolute atomic E-state index is 0.0951. The third-order valence-corrected chi connectivity index (χ3v) is 5.49. The minimum atomic E-state index is -0.295. The van der Waals surface area contributed by atoms with Crippen molar-refractivity contribution in [1.29, 1.82) is 0 Å². The Hall–Kier alpha value is -3.24. The number of benzene rings is 1. The molecule has 3 aromatic rings. The summed E-state index contributed by atoms with van der Waals surface area (Å²) in [5.74, 6) is -0.295. The van der Waals surface area contributed by atoms with E-state index in [2.05, 4.69) is 26.0 Å². The Kier molecular flexibility index (Phi) is 6.05. The summed E-state index contributed by atoms with van der Waals surface area (Å²) in [6.07, 6.45) is 5.66. The number of anilines is 2. The monoisotopic (exact) mass is 426 g/mol. The van der Waals surface area contributed by atoms with Gasteiger partial charge in [0.05, 0.1) is 12.3 Å². The molecule has 30 heavy (non-hydrogen) atoms. The zero-order valence-electron chi connectivity index (χ0n) is 16.4. The van der Waals surface area contributed by atoms with Gasteiger partial charge in [-0.05, 0) is 37.1 Å². The van der Waals surface area contributed by atoms with Crippen LogP contribution < -0.4 is 16.0 Å². The van der Waals surface area contributed by atoms with E-state index in [1.165, 1.54) is 11.3 Å². The zero-order chi connectivity index (χ0) is 20.9. The van der Waals surface area contributed by atoms with Gasteiger partial charge in [-0.3, -0.25) is 9.48 Å². The molecule has 0 spiro atoms. The van der Waals surface area contributed by atoms with Gasteiger partial charge in [0.2, 0.25) is 0 Å². The first-order valence-electron chi connectivity index (χ1n) is 9.59. The number of nitrogens with zero attached hydrogens (tertiary/aromatic N) is 3. The normalized spacial score (nSPS) is 15.7. The van der Waals surface area contributed by atoms with Crippen molar-refractivity contribution in [2.45, 2.75) is 18.9 Å². The third-order valence-electron chi connectivity index (χ3n) is 4.60. The maximum atomic E-state index is 12.5. The molecule has 0 radical (unpaired) electrons. The maximum absolute atomic E-state index is 12.5. The van der Waals surface area contributed by atoms with Crippen LogP contribution in [0.3, 0.4) is 0 Å². The second kappa shape index (κ2) is 9.06. The van der Waals surface area contributed by atoms with Crippen LogP contribution in [0.1, 0.15) is 23.3 Å². The highest BCUT2D eigenvalue weighted by atomic mass is 32.1. The molecule has 10 heteroatoms. The first-order chi connectivity index (χ1) is 14.6. The molecule has 1 aliphatic rings. The number of hydrogen-bond donors (Lipinski definition) is 3. The van der Waals surface area contributed by atoms with E-state index in [4.69, 9.17) is 4.74 Å². The SMILES string of the molecule is Cn1cc(-c2nc(C(=O)Nc3ccc(NC(=O)NC[C@H]4CCCO4)cc3)cs2)cn1. The van der Waals surface area contributed by atoms with Crippen LogP contribution in [-0.4, -0.2) is 46.0 Å². The van der Waals surface area contributed by atoms with Crippen LogP contribution in [0, 0.1) is 0 Å². The molecule has 3 amide bonds. The van der Waals surface area contributed by atoms with Gasteiger partial charge in [0.1, 0.15) is 10.7 Å². The van der Waals surface area contributed by atoms with Crippen LogP contribution in [0.2, 0.25) is 0 Å².